The predicted octanol–water partition coefficient (Wildman–Crippen LogP) is 2.34. The third kappa shape index (κ3) is 2.75. The molecule has 0 aliphatic heterocycles. The van der Waals surface area contributed by atoms with Crippen molar-refractivity contribution in [3.63, 3.8) is 0 Å². The Kier molecular flexibility index (Phi) is 4.54. The molecule has 0 bridgehead atoms. The van der Waals surface area contributed by atoms with Crippen LogP contribution in [0, 0.1) is 6.92 Å². The largest absolute Gasteiger partial charge is 0.383 e. The van der Waals surface area contributed by atoms with E-state index in [1.807, 2.05) is 11.6 Å². The van der Waals surface area contributed by atoms with Gasteiger partial charge in [0.25, 0.3) is 0 Å². The van der Waals surface area contributed by atoms with Crippen molar-refractivity contribution < 1.29 is 4.74 Å². The molecule has 110 valence electrons. The Bertz CT molecular complexity index is 591. The van der Waals surface area contributed by atoms with Gasteiger partial charge in [0.2, 0.25) is 0 Å². The van der Waals surface area contributed by atoms with Crippen LogP contribution in [0.25, 0.3) is 11.0 Å². The van der Waals surface area contributed by atoms with Gasteiger partial charge in [0.15, 0.2) is 5.82 Å². The Balaban J connectivity index is 2.54. The number of aromatic nitrogens is 4. The van der Waals surface area contributed by atoms with Gasteiger partial charge in [-0.25, -0.2) is 9.97 Å². The Morgan fingerprint density at radius 3 is 2.65 bits per heavy atom. The van der Waals surface area contributed by atoms with Crippen molar-refractivity contribution in [1.82, 2.24) is 19.7 Å². The molecule has 0 amide bonds. The van der Waals surface area contributed by atoms with E-state index in [0.29, 0.717) is 13.2 Å². The molecule has 0 saturated heterocycles. The van der Waals surface area contributed by atoms with Crippen LogP contribution in [0.1, 0.15) is 38.2 Å². The van der Waals surface area contributed by atoms with Gasteiger partial charge in [-0.2, -0.15) is 5.10 Å². The van der Waals surface area contributed by atoms with Crippen LogP contribution >= 0.6 is 0 Å². The number of anilines is 1. The van der Waals surface area contributed by atoms with E-state index in [1.165, 1.54) is 0 Å². The number of fused-ring (bicyclic) bond motifs is 1. The predicted molar refractivity (Wildman–Crippen MR) is 80.2 cm³/mol. The molecule has 1 N–H and O–H groups in total. The first-order valence-electron chi connectivity index (χ1n) is 7.06. The molecule has 0 spiro atoms. The van der Waals surface area contributed by atoms with Gasteiger partial charge in [-0.15, -0.1) is 0 Å². The molecule has 0 aliphatic carbocycles. The van der Waals surface area contributed by atoms with Crippen LogP contribution in [-0.4, -0.2) is 40.0 Å². The van der Waals surface area contributed by atoms with Gasteiger partial charge in [0.05, 0.1) is 12.3 Å². The maximum Gasteiger partial charge on any atom is 0.156 e. The van der Waals surface area contributed by atoms with E-state index in [1.54, 1.807) is 7.11 Å². The fourth-order valence-electron chi connectivity index (χ4n) is 2.13. The first-order chi connectivity index (χ1) is 9.58. The van der Waals surface area contributed by atoms with Crippen LogP contribution in [0.15, 0.2) is 0 Å². The average molecular weight is 277 g/mol. The smallest absolute Gasteiger partial charge is 0.156 e. The minimum absolute atomic E-state index is 0.284. The molecule has 20 heavy (non-hydrogen) atoms. The molecule has 0 radical (unpaired) electrons. The van der Waals surface area contributed by atoms with Crippen LogP contribution in [-0.2, 0) is 11.3 Å². The van der Waals surface area contributed by atoms with Crippen LogP contribution in [0.2, 0.25) is 0 Å². The number of rotatable bonds is 6. The van der Waals surface area contributed by atoms with Gasteiger partial charge in [-0.05, 0) is 13.8 Å². The molecule has 0 unspecified atom stereocenters. The van der Waals surface area contributed by atoms with Crippen molar-refractivity contribution in [2.24, 2.45) is 0 Å². The zero-order valence-electron chi connectivity index (χ0n) is 12.9. The van der Waals surface area contributed by atoms with Gasteiger partial charge >= 0.3 is 0 Å². The van der Waals surface area contributed by atoms with Crippen molar-refractivity contribution in [1.29, 1.82) is 0 Å². The number of methoxy groups -OCH3 is 1. The quantitative estimate of drug-likeness (QED) is 0.821. The molecule has 2 aromatic heterocycles. The Morgan fingerprint density at radius 1 is 1.30 bits per heavy atom. The number of aryl methyl sites for hydroxylation is 2. The molecule has 2 heterocycles. The summed E-state index contributed by atoms with van der Waals surface area (Å²) in [7, 11) is 1.69. The van der Waals surface area contributed by atoms with E-state index in [9.17, 15) is 0 Å². The van der Waals surface area contributed by atoms with Crippen molar-refractivity contribution in [2.45, 2.75) is 40.2 Å². The number of ether oxygens (including phenoxy) is 1. The van der Waals surface area contributed by atoms with Gasteiger partial charge in [-0.1, -0.05) is 13.8 Å². The summed E-state index contributed by atoms with van der Waals surface area (Å²) in [5.74, 6) is 1.97. The lowest BCUT2D eigenvalue weighted by molar-refractivity contribution is 0.210. The van der Waals surface area contributed by atoms with Gasteiger partial charge < -0.3 is 10.1 Å². The zero-order valence-corrected chi connectivity index (χ0v) is 12.9. The monoisotopic (exact) mass is 277 g/mol. The van der Waals surface area contributed by atoms with Crippen LogP contribution < -0.4 is 5.32 Å². The molecule has 0 aliphatic rings. The highest BCUT2D eigenvalue weighted by molar-refractivity contribution is 5.87. The topological polar surface area (TPSA) is 64.9 Å². The minimum atomic E-state index is 0.284. The Labute approximate surface area is 119 Å². The van der Waals surface area contributed by atoms with Gasteiger partial charge in [0.1, 0.15) is 16.9 Å². The molecule has 0 atom stereocenters. The van der Waals surface area contributed by atoms with E-state index >= 15 is 0 Å². The lowest BCUT2D eigenvalue weighted by Crippen LogP contribution is -2.12. The fraction of sp³-hybridized carbons (Fsp3) is 0.643. The van der Waals surface area contributed by atoms with Crippen molar-refractivity contribution >= 4 is 16.9 Å². The summed E-state index contributed by atoms with van der Waals surface area (Å²) in [5, 5.41) is 7.88. The summed E-state index contributed by atoms with van der Waals surface area (Å²) in [4.78, 5) is 9.32. The van der Waals surface area contributed by atoms with E-state index in [0.717, 1.165) is 34.9 Å². The SMILES string of the molecule is CCn1nc(C)c2nc(C(C)C)nc(NCCOC)c21. The maximum absolute atomic E-state index is 5.09. The van der Waals surface area contributed by atoms with Crippen LogP contribution in [0.5, 0.6) is 0 Å². The summed E-state index contributed by atoms with van der Waals surface area (Å²) >= 11 is 0. The summed E-state index contributed by atoms with van der Waals surface area (Å²) in [6.07, 6.45) is 0. The van der Waals surface area contributed by atoms with Crippen molar-refractivity contribution in [2.75, 3.05) is 25.6 Å². The van der Waals surface area contributed by atoms with Crippen LogP contribution in [0.4, 0.5) is 5.82 Å². The normalized spacial score (nSPS) is 11.5. The number of hydrogen-bond donors (Lipinski definition) is 1. The molecule has 0 fully saturated rings. The molecular weight excluding hydrogens is 254 g/mol. The first-order valence-corrected chi connectivity index (χ1v) is 7.06. The third-order valence-electron chi connectivity index (χ3n) is 3.19. The minimum Gasteiger partial charge on any atom is -0.383 e. The highest BCUT2D eigenvalue weighted by Gasteiger charge is 2.16. The molecular formula is C14H23N5O. The summed E-state index contributed by atoms with van der Waals surface area (Å²) in [6.45, 7) is 10.4. The Morgan fingerprint density at radius 2 is 2.05 bits per heavy atom. The van der Waals surface area contributed by atoms with Gasteiger partial charge in [0, 0.05) is 26.1 Å². The second-order valence-electron chi connectivity index (χ2n) is 5.10. The lowest BCUT2D eigenvalue weighted by atomic mass is 10.2. The zero-order chi connectivity index (χ0) is 14.7. The number of nitrogens with zero attached hydrogens (tertiary/aromatic N) is 4. The Hall–Kier alpha value is -1.69. The average Bonchev–Trinajstić information content (AvgIpc) is 2.76. The molecule has 0 aromatic carbocycles. The van der Waals surface area contributed by atoms with Crippen molar-refractivity contribution in [3.05, 3.63) is 11.5 Å². The van der Waals surface area contributed by atoms with E-state index in [2.05, 4.69) is 41.2 Å². The molecule has 2 rings (SSSR count). The van der Waals surface area contributed by atoms with Crippen molar-refractivity contribution in [3.8, 4) is 0 Å². The van der Waals surface area contributed by atoms with E-state index < -0.39 is 0 Å². The molecule has 6 heteroatoms. The standard InChI is InChI=1S/C14H23N5O/c1-6-19-12-11(10(4)18-19)16-13(9(2)3)17-14(12)15-7-8-20-5/h9H,6-8H2,1-5H3,(H,15,16,17). The van der Waals surface area contributed by atoms with Crippen LogP contribution in [0.3, 0.4) is 0 Å². The first kappa shape index (κ1) is 14.7. The number of hydrogen-bond acceptors (Lipinski definition) is 5. The molecule has 2 aromatic rings. The third-order valence-corrected chi connectivity index (χ3v) is 3.19. The van der Waals surface area contributed by atoms with E-state index in [-0.39, 0.29) is 5.92 Å². The summed E-state index contributed by atoms with van der Waals surface area (Å²) in [5.41, 5.74) is 2.86. The highest BCUT2D eigenvalue weighted by atomic mass is 16.5. The number of nitrogens with one attached hydrogen (secondary N) is 1. The van der Waals surface area contributed by atoms with Gasteiger partial charge in [-0.3, -0.25) is 4.68 Å². The second kappa shape index (κ2) is 6.17. The lowest BCUT2D eigenvalue weighted by Gasteiger charge is -2.11. The second-order valence-corrected chi connectivity index (χ2v) is 5.10. The summed E-state index contributed by atoms with van der Waals surface area (Å²) in [6, 6.07) is 0. The van der Waals surface area contributed by atoms with E-state index in [4.69, 9.17) is 4.74 Å². The summed E-state index contributed by atoms with van der Waals surface area (Å²) < 4.78 is 7.04. The highest BCUT2D eigenvalue weighted by Crippen LogP contribution is 2.25. The maximum atomic E-state index is 5.09. The molecule has 0 saturated carbocycles. The fourth-order valence-corrected chi connectivity index (χ4v) is 2.13. The molecule has 6 nitrogen and oxygen atoms in total.